The van der Waals surface area contributed by atoms with Gasteiger partial charge in [-0.15, -0.1) is 11.3 Å². The Morgan fingerprint density at radius 1 is 1.32 bits per heavy atom. The van der Waals surface area contributed by atoms with E-state index in [-0.39, 0.29) is 0 Å². The lowest BCUT2D eigenvalue weighted by Crippen LogP contribution is -2.38. The summed E-state index contributed by atoms with van der Waals surface area (Å²) < 4.78 is 5.96. The van der Waals surface area contributed by atoms with Gasteiger partial charge in [-0.2, -0.15) is 0 Å². The van der Waals surface area contributed by atoms with Crippen molar-refractivity contribution in [2.24, 2.45) is 10.9 Å². The average Bonchev–Trinajstić information content (AvgIpc) is 3.37. The topological polar surface area (TPSA) is 58.5 Å². The number of para-hydroxylation sites is 1. The largest absolute Gasteiger partial charge is 0.493 e. The maximum absolute atomic E-state index is 5.96. The van der Waals surface area contributed by atoms with Crippen LogP contribution in [0.25, 0.3) is 0 Å². The first-order valence-corrected chi connectivity index (χ1v) is 9.69. The van der Waals surface area contributed by atoms with E-state index in [9.17, 15) is 0 Å². The Balaban J connectivity index is 1.45. The highest BCUT2D eigenvalue weighted by Gasteiger charge is 2.22. The molecule has 1 aliphatic rings. The highest BCUT2D eigenvalue weighted by atomic mass is 32.1. The van der Waals surface area contributed by atoms with Crippen LogP contribution in [0.3, 0.4) is 0 Å². The van der Waals surface area contributed by atoms with Gasteiger partial charge in [0.15, 0.2) is 5.96 Å². The van der Waals surface area contributed by atoms with Crippen LogP contribution in [0.2, 0.25) is 0 Å². The molecule has 2 N–H and O–H groups in total. The van der Waals surface area contributed by atoms with Gasteiger partial charge in [0.2, 0.25) is 0 Å². The van der Waals surface area contributed by atoms with E-state index in [1.165, 1.54) is 12.8 Å². The number of aliphatic imine (C=N–C) groups is 1. The molecule has 1 heterocycles. The molecular formula is C19H26N4OS. The number of ether oxygens (including phenoxy) is 1. The Morgan fingerprint density at radius 3 is 2.88 bits per heavy atom. The second kappa shape index (κ2) is 8.85. The van der Waals surface area contributed by atoms with Crippen molar-refractivity contribution in [3.8, 4) is 5.75 Å². The molecular weight excluding hydrogens is 332 g/mol. The Bertz CT molecular complexity index is 709. The van der Waals surface area contributed by atoms with Crippen LogP contribution in [0.4, 0.5) is 0 Å². The molecule has 1 aromatic carbocycles. The van der Waals surface area contributed by atoms with Crippen LogP contribution in [-0.2, 0) is 13.0 Å². The number of hydrogen-bond donors (Lipinski definition) is 2. The molecule has 1 aliphatic carbocycles. The normalized spacial score (nSPS) is 14.4. The van der Waals surface area contributed by atoms with Crippen LogP contribution in [0, 0.1) is 12.8 Å². The molecule has 0 saturated heterocycles. The Morgan fingerprint density at radius 2 is 2.16 bits per heavy atom. The van der Waals surface area contributed by atoms with E-state index < -0.39 is 0 Å². The van der Waals surface area contributed by atoms with E-state index in [2.05, 4.69) is 32.1 Å². The van der Waals surface area contributed by atoms with Crippen LogP contribution in [-0.4, -0.2) is 31.1 Å². The van der Waals surface area contributed by atoms with Crippen molar-refractivity contribution in [1.29, 1.82) is 0 Å². The summed E-state index contributed by atoms with van der Waals surface area (Å²) in [5.41, 5.74) is 2.28. The molecule has 134 valence electrons. The Labute approximate surface area is 153 Å². The van der Waals surface area contributed by atoms with Crippen molar-refractivity contribution in [2.75, 3.05) is 20.2 Å². The Hall–Kier alpha value is -2.08. The van der Waals surface area contributed by atoms with Crippen molar-refractivity contribution in [3.05, 3.63) is 45.9 Å². The SMILES string of the molecule is CN=C(NCCc1csc(C)n1)NCc1ccccc1OCC1CC1. The molecule has 0 aliphatic heterocycles. The lowest BCUT2D eigenvalue weighted by Gasteiger charge is -2.14. The maximum atomic E-state index is 5.96. The number of thiazole rings is 1. The smallest absolute Gasteiger partial charge is 0.191 e. The van der Waals surface area contributed by atoms with Crippen LogP contribution >= 0.6 is 11.3 Å². The molecule has 25 heavy (non-hydrogen) atoms. The van der Waals surface area contributed by atoms with E-state index in [1.54, 1.807) is 18.4 Å². The Kier molecular flexibility index (Phi) is 6.28. The van der Waals surface area contributed by atoms with Crippen molar-refractivity contribution >= 4 is 17.3 Å². The van der Waals surface area contributed by atoms with Gasteiger partial charge in [-0.1, -0.05) is 18.2 Å². The standard InChI is InChI=1S/C19H26N4OS/c1-14-23-17(13-25-14)9-10-21-19(20-2)22-11-16-5-3-4-6-18(16)24-12-15-7-8-15/h3-6,13,15H,7-12H2,1-2H3,(H2,20,21,22). The van der Waals surface area contributed by atoms with E-state index in [4.69, 9.17) is 4.74 Å². The second-order valence-electron chi connectivity index (χ2n) is 6.32. The number of nitrogens with one attached hydrogen (secondary N) is 2. The molecule has 0 unspecified atom stereocenters. The van der Waals surface area contributed by atoms with E-state index in [0.29, 0.717) is 6.54 Å². The third kappa shape index (κ3) is 5.74. The molecule has 3 rings (SSSR count). The van der Waals surface area contributed by atoms with Gasteiger partial charge in [-0.25, -0.2) is 4.98 Å². The molecule has 1 aromatic heterocycles. The summed E-state index contributed by atoms with van der Waals surface area (Å²) in [5.74, 6) is 2.52. The van der Waals surface area contributed by atoms with Crippen LogP contribution < -0.4 is 15.4 Å². The summed E-state index contributed by atoms with van der Waals surface area (Å²) in [6, 6.07) is 8.21. The first-order valence-electron chi connectivity index (χ1n) is 8.81. The van der Waals surface area contributed by atoms with E-state index in [0.717, 1.165) is 53.5 Å². The third-order valence-electron chi connectivity index (χ3n) is 4.15. The number of nitrogens with zero attached hydrogens (tertiary/aromatic N) is 2. The van der Waals surface area contributed by atoms with Gasteiger partial charge in [0.25, 0.3) is 0 Å². The summed E-state index contributed by atoms with van der Waals surface area (Å²) in [4.78, 5) is 8.77. The van der Waals surface area contributed by atoms with Gasteiger partial charge in [0.1, 0.15) is 5.75 Å². The quantitative estimate of drug-likeness (QED) is 0.562. The predicted octanol–water partition coefficient (Wildman–Crippen LogP) is 3.15. The van der Waals surface area contributed by atoms with E-state index in [1.807, 2.05) is 25.1 Å². The highest BCUT2D eigenvalue weighted by Crippen LogP contribution is 2.30. The fourth-order valence-electron chi connectivity index (χ4n) is 2.51. The number of hydrogen-bond acceptors (Lipinski definition) is 4. The molecule has 5 nitrogen and oxygen atoms in total. The molecule has 0 amide bonds. The summed E-state index contributed by atoms with van der Waals surface area (Å²) in [7, 11) is 1.79. The van der Waals surface area contributed by atoms with Gasteiger partial charge < -0.3 is 15.4 Å². The monoisotopic (exact) mass is 358 g/mol. The van der Waals surface area contributed by atoms with Crippen molar-refractivity contribution in [1.82, 2.24) is 15.6 Å². The van der Waals surface area contributed by atoms with Gasteiger partial charge in [0, 0.05) is 37.5 Å². The minimum atomic E-state index is 0.691. The average molecular weight is 359 g/mol. The molecule has 0 atom stereocenters. The minimum Gasteiger partial charge on any atom is -0.493 e. The number of guanidine groups is 1. The first kappa shape index (κ1) is 17.7. The van der Waals surface area contributed by atoms with Crippen molar-refractivity contribution in [2.45, 2.75) is 32.7 Å². The summed E-state index contributed by atoms with van der Waals surface area (Å²) >= 11 is 1.69. The zero-order valence-corrected chi connectivity index (χ0v) is 15.7. The molecule has 1 fully saturated rings. The van der Waals surface area contributed by atoms with Gasteiger partial charge in [-0.3, -0.25) is 4.99 Å². The highest BCUT2D eigenvalue weighted by molar-refractivity contribution is 7.09. The van der Waals surface area contributed by atoms with Gasteiger partial charge in [-0.05, 0) is 31.7 Å². The molecule has 2 aromatic rings. The minimum absolute atomic E-state index is 0.691. The lowest BCUT2D eigenvalue weighted by molar-refractivity contribution is 0.296. The summed E-state index contributed by atoms with van der Waals surface area (Å²) in [6.07, 6.45) is 3.50. The van der Waals surface area contributed by atoms with E-state index >= 15 is 0 Å². The van der Waals surface area contributed by atoms with Crippen LogP contribution in [0.1, 0.15) is 29.1 Å². The fraction of sp³-hybridized carbons (Fsp3) is 0.474. The fourth-order valence-corrected chi connectivity index (χ4v) is 3.16. The van der Waals surface area contributed by atoms with Gasteiger partial charge in [0.05, 0.1) is 17.3 Å². The lowest BCUT2D eigenvalue weighted by atomic mass is 10.2. The molecule has 0 bridgehead atoms. The zero-order valence-electron chi connectivity index (χ0n) is 14.9. The summed E-state index contributed by atoms with van der Waals surface area (Å²) in [5, 5.41) is 9.92. The van der Waals surface area contributed by atoms with Crippen molar-refractivity contribution < 1.29 is 4.74 Å². The number of rotatable bonds is 8. The van der Waals surface area contributed by atoms with Gasteiger partial charge >= 0.3 is 0 Å². The zero-order chi connectivity index (χ0) is 17.5. The molecule has 0 spiro atoms. The van der Waals surface area contributed by atoms with Crippen LogP contribution in [0.5, 0.6) is 5.75 Å². The molecule has 0 radical (unpaired) electrons. The second-order valence-corrected chi connectivity index (χ2v) is 7.38. The molecule has 6 heteroatoms. The molecule has 1 saturated carbocycles. The van der Waals surface area contributed by atoms with Crippen molar-refractivity contribution in [3.63, 3.8) is 0 Å². The number of aromatic nitrogens is 1. The first-order chi connectivity index (χ1) is 12.2. The van der Waals surface area contributed by atoms with Crippen LogP contribution in [0.15, 0.2) is 34.6 Å². The predicted molar refractivity (Wildman–Crippen MR) is 103 cm³/mol. The number of benzene rings is 1. The number of aryl methyl sites for hydroxylation is 1. The third-order valence-corrected chi connectivity index (χ3v) is 4.98. The maximum Gasteiger partial charge on any atom is 0.191 e. The summed E-state index contributed by atoms with van der Waals surface area (Å²) in [6.45, 7) is 4.36.